The predicted octanol–water partition coefficient (Wildman–Crippen LogP) is 2.93. The summed E-state index contributed by atoms with van der Waals surface area (Å²) in [6.07, 6.45) is 0.811. The number of nitrogens with zero attached hydrogens (tertiary/aromatic N) is 1. The Labute approximate surface area is 108 Å². The largest absolute Gasteiger partial charge is 0.391 e. The van der Waals surface area contributed by atoms with Crippen molar-refractivity contribution in [2.45, 2.75) is 32.9 Å². The first-order valence-corrected chi connectivity index (χ1v) is 6.50. The van der Waals surface area contributed by atoms with Gasteiger partial charge in [0.05, 0.1) is 6.10 Å². The molecule has 1 unspecified atom stereocenters. The van der Waals surface area contributed by atoms with Crippen LogP contribution in [0.2, 0.25) is 5.02 Å². The van der Waals surface area contributed by atoms with E-state index in [9.17, 15) is 5.11 Å². The van der Waals surface area contributed by atoms with Gasteiger partial charge in [-0.2, -0.15) is 0 Å². The molecule has 1 aliphatic heterocycles. The Morgan fingerprint density at radius 3 is 2.59 bits per heavy atom. The zero-order chi connectivity index (χ0) is 12.5. The van der Waals surface area contributed by atoms with E-state index in [0.29, 0.717) is 0 Å². The molecule has 1 aliphatic rings. The molecule has 1 aromatic rings. The number of benzene rings is 1. The lowest BCUT2D eigenvalue weighted by Crippen LogP contribution is -2.47. The minimum Gasteiger partial charge on any atom is -0.391 e. The molecule has 1 N–H and O–H groups in total. The normalized spacial score (nSPS) is 24.8. The van der Waals surface area contributed by atoms with Crippen molar-refractivity contribution in [3.05, 3.63) is 34.9 Å². The van der Waals surface area contributed by atoms with E-state index in [0.717, 1.165) is 31.1 Å². The average molecular weight is 254 g/mol. The smallest absolute Gasteiger partial charge is 0.0718 e. The molecule has 0 spiro atoms. The number of likely N-dealkylation sites (tertiary alicyclic amines) is 1. The molecule has 2 rings (SSSR count). The Bertz CT molecular complexity index is 374. The summed E-state index contributed by atoms with van der Waals surface area (Å²) in [5.74, 6) is 0. The molecule has 1 atom stereocenters. The fourth-order valence-electron chi connectivity index (χ4n) is 2.19. The van der Waals surface area contributed by atoms with Crippen LogP contribution in [0.5, 0.6) is 0 Å². The zero-order valence-corrected chi connectivity index (χ0v) is 11.2. The van der Waals surface area contributed by atoms with Gasteiger partial charge < -0.3 is 5.11 Å². The van der Waals surface area contributed by atoms with Crippen LogP contribution < -0.4 is 0 Å². The highest BCUT2D eigenvalue weighted by molar-refractivity contribution is 6.30. The first-order valence-electron chi connectivity index (χ1n) is 6.12. The third kappa shape index (κ3) is 3.21. The van der Waals surface area contributed by atoms with Crippen molar-refractivity contribution >= 4 is 11.6 Å². The number of hydrogen-bond donors (Lipinski definition) is 1. The van der Waals surface area contributed by atoms with Crippen molar-refractivity contribution in [2.24, 2.45) is 5.41 Å². The van der Waals surface area contributed by atoms with Crippen molar-refractivity contribution < 1.29 is 5.11 Å². The number of aliphatic hydroxyl groups is 1. The number of rotatable bonds is 2. The lowest BCUT2D eigenvalue weighted by molar-refractivity contribution is -0.0278. The van der Waals surface area contributed by atoms with E-state index < -0.39 is 0 Å². The summed E-state index contributed by atoms with van der Waals surface area (Å²) >= 11 is 5.86. The van der Waals surface area contributed by atoms with Gasteiger partial charge in [0.25, 0.3) is 0 Å². The van der Waals surface area contributed by atoms with Crippen LogP contribution in [0, 0.1) is 5.41 Å². The molecule has 1 heterocycles. The lowest BCUT2D eigenvalue weighted by Gasteiger charge is -2.41. The summed E-state index contributed by atoms with van der Waals surface area (Å²) in [4.78, 5) is 2.30. The van der Waals surface area contributed by atoms with Crippen molar-refractivity contribution in [2.75, 3.05) is 13.1 Å². The topological polar surface area (TPSA) is 23.5 Å². The molecule has 0 radical (unpaired) electrons. The van der Waals surface area contributed by atoms with Crippen LogP contribution in [0.4, 0.5) is 0 Å². The Morgan fingerprint density at radius 1 is 1.35 bits per heavy atom. The first kappa shape index (κ1) is 12.9. The van der Waals surface area contributed by atoms with Gasteiger partial charge >= 0.3 is 0 Å². The molecule has 0 saturated carbocycles. The van der Waals surface area contributed by atoms with Gasteiger partial charge in [0.1, 0.15) is 0 Å². The van der Waals surface area contributed by atoms with E-state index in [4.69, 9.17) is 11.6 Å². The van der Waals surface area contributed by atoms with Crippen molar-refractivity contribution in [3.63, 3.8) is 0 Å². The number of β-amino-alcohol motifs (C(OH)–C–C–N with tert-alkyl or cyclic N) is 1. The van der Waals surface area contributed by atoms with Gasteiger partial charge in [-0.3, -0.25) is 4.90 Å². The van der Waals surface area contributed by atoms with Crippen LogP contribution >= 0.6 is 11.6 Å². The van der Waals surface area contributed by atoms with Crippen LogP contribution in [0.15, 0.2) is 24.3 Å². The Kier molecular flexibility index (Phi) is 3.76. The highest BCUT2D eigenvalue weighted by atomic mass is 35.5. The number of hydrogen-bond acceptors (Lipinski definition) is 2. The molecule has 1 aromatic carbocycles. The zero-order valence-electron chi connectivity index (χ0n) is 10.5. The molecule has 0 aromatic heterocycles. The van der Waals surface area contributed by atoms with Gasteiger partial charge in [0.15, 0.2) is 0 Å². The second kappa shape index (κ2) is 4.97. The van der Waals surface area contributed by atoms with Gasteiger partial charge in [-0.15, -0.1) is 0 Å². The molecule has 3 heteroatoms. The molecular weight excluding hydrogens is 234 g/mol. The molecule has 0 amide bonds. The maximum atomic E-state index is 10.1. The van der Waals surface area contributed by atoms with Gasteiger partial charge in [-0.1, -0.05) is 37.6 Å². The van der Waals surface area contributed by atoms with E-state index in [2.05, 4.69) is 30.9 Å². The number of aliphatic hydroxyl groups excluding tert-OH is 1. The van der Waals surface area contributed by atoms with Crippen LogP contribution in [0.25, 0.3) is 0 Å². The van der Waals surface area contributed by atoms with E-state index in [-0.39, 0.29) is 11.5 Å². The second-order valence-corrected chi connectivity index (χ2v) is 6.05. The van der Waals surface area contributed by atoms with E-state index in [1.165, 1.54) is 5.56 Å². The third-order valence-electron chi connectivity index (χ3n) is 3.73. The van der Waals surface area contributed by atoms with Crippen molar-refractivity contribution in [3.8, 4) is 0 Å². The molecule has 94 valence electrons. The standard InChI is InChI=1S/C14H20ClNO/c1-14(2)7-8-16(10-13(14)17)9-11-3-5-12(15)6-4-11/h3-6,13,17H,7-10H2,1-2H3. The van der Waals surface area contributed by atoms with Gasteiger partial charge in [-0.05, 0) is 36.1 Å². The fourth-order valence-corrected chi connectivity index (χ4v) is 2.31. The van der Waals surface area contributed by atoms with E-state index in [1.807, 2.05) is 12.1 Å². The average Bonchev–Trinajstić information content (AvgIpc) is 2.27. The van der Waals surface area contributed by atoms with Gasteiger partial charge in [0, 0.05) is 18.1 Å². The summed E-state index contributed by atoms with van der Waals surface area (Å²) in [5, 5.41) is 10.8. The molecular formula is C14H20ClNO. The van der Waals surface area contributed by atoms with E-state index >= 15 is 0 Å². The summed E-state index contributed by atoms with van der Waals surface area (Å²) in [6.45, 7) is 6.97. The summed E-state index contributed by atoms with van der Waals surface area (Å²) < 4.78 is 0. The maximum absolute atomic E-state index is 10.1. The molecule has 0 bridgehead atoms. The monoisotopic (exact) mass is 253 g/mol. The number of piperidine rings is 1. The minimum absolute atomic E-state index is 0.0521. The Balaban J connectivity index is 1.95. The number of halogens is 1. The Morgan fingerprint density at radius 2 is 2.00 bits per heavy atom. The Hall–Kier alpha value is -0.570. The van der Waals surface area contributed by atoms with Crippen LogP contribution in [-0.2, 0) is 6.54 Å². The molecule has 2 nitrogen and oxygen atoms in total. The second-order valence-electron chi connectivity index (χ2n) is 5.62. The summed E-state index contributed by atoms with van der Waals surface area (Å²) in [6, 6.07) is 7.94. The SMILES string of the molecule is CC1(C)CCN(Cc2ccc(Cl)cc2)CC1O. The van der Waals surface area contributed by atoms with Crippen molar-refractivity contribution in [1.82, 2.24) is 4.90 Å². The first-order chi connectivity index (χ1) is 7.97. The summed E-state index contributed by atoms with van der Waals surface area (Å²) in [7, 11) is 0. The van der Waals surface area contributed by atoms with Gasteiger partial charge in [0.2, 0.25) is 0 Å². The fraction of sp³-hybridized carbons (Fsp3) is 0.571. The summed E-state index contributed by atoms with van der Waals surface area (Å²) in [5.41, 5.74) is 1.30. The van der Waals surface area contributed by atoms with Gasteiger partial charge in [-0.25, -0.2) is 0 Å². The van der Waals surface area contributed by atoms with Crippen molar-refractivity contribution in [1.29, 1.82) is 0 Å². The molecule has 17 heavy (non-hydrogen) atoms. The molecule has 1 fully saturated rings. The maximum Gasteiger partial charge on any atom is 0.0718 e. The predicted molar refractivity (Wildman–Crippen MR) is 71.1 cm³/mol. The quantitative estimate of drug-likeness (QED) is 0.876. The third-order valence-corrected chi connectivity index (χ3v) is 3.98. The molecule has 0 aliphatic carbocycles. The van der Waals surface area contributed by atoms with Crippen LogP contribution in [-0.4, -0.2) is 29.2 Å². The highest BCUT2D eigenvalue weighted by Gasteiger charge is 2.33. The van der Waals surface area contributed by atoms with Crippen LogP contribution in [0.1, 0.15) is 25.8 Å². The van der Waals surface area contributed by atoms with Crippen LogP contribution in [0.3, 0.4) is 0 Å². The minimum atomic E-state index is -0.233. The van der Waals surface area contributed by atoms with E-state index in [1.54, 1.807) is 0 Å². The molecule has 1 saturated heterocycles. The lowest BCUT2D eigenvalue weighted by atomic mass is 9.80. The highest BCUT2D eigenvalue weighted by Crippen LogP contribution is 2.30.